The Kier molecular flexibility index (Phi) is 7.21. The number of nitrogens with zero attached hydrogens (tertiary/aromatic N) is 1. The van der Waals surface area contributed by atoms with Crippen molar-refractivity contribution >= 4 is 33.0 Å². The average Bonchev–Trinajstić information content (AvgIpc) is 3.05. The van der Waals surface area contributed by atoms with Crippen molar-refractivity contribution in [2.24, 2.45) is 11.8 Å². The van der Waals surface area contributed by atoms with Crippen LogP contribution < -0.4 is 5.32 Å². The number of carbonyl (C=O) groups is 1. The summed E-state index contributed by atoms with van der Waals surface area (Å²) in [5, 5.41) is 23.9. The SMILES string of the molecule is O=C(Nc1ccc(F)c(F)c1)c1ccc(Cl)c(S(=O)(=O)C2C[C@H]3CC[C@@H](C2)C3(O)C(O)c2cc(F)ccn2)c1. The maximum atomic E-state index is 13.7. The Morgan fingerprint density at radius 1 is 1.03 bits per heavy atom. The lowest BCUT2D eigenvalue weighted by Crippen LogP contribution is -2.52. The van der Waals surface area contributed by atoms with E-state index < -0.39 is 62.0 Å². The molecule has 2 aliphatic carbocycles. The zero-order valence-electron chi connectivity index (χ0n) is 20.3. The van der Waals surface area contributed by atoms with E-state index in [1.54, 1.807) is 0 Å². The van der Waals surface area contributed by atoms with Crippen molar-refractivity contribution in [2.75, 3.05) is 5.32 Å². The number of fused-ring (bicyclic) bond motifs is 2. The van der Waals surface area contributed by atoms with Gasteiger partial charge in [-0.2, -0.15) is 0 Å². The molecule has 1 heterocycles. The Labute approximate surface area is 227 Å². The van der Waals surface area contributed by atoms with Gasteiger partial charge in [-0.3, -0.25) is 9.78 Å². The Hall–Kier alpha value is -2.99. The minimum Gasteiger partial charge on any atom is -0.386 e. The maximum absolute atomic E-state index is 13.7. The van der Waals surface area contributed by atoms with Crippen molar-refractivity contribution in [1.29, 1.82) is 0 Å². The highest BCUT2D eigenvalue weighted by atomic mass is 35.5. The average molecular weight is 581 g/mol. The van der Waals surface area contributed by atoms with Gasteiger partial charge in [0.15, 0.2) is 21.5 Å². The first kappa shape index (κ1) is 27.6. The van der Waals surface area contributed by atoms with Crippen molar-refractivity contribution in [1.82, 2.24) is 4.98 Å². The molecule has 0 spiro atoms. The summed E-state index contributed by atoms with van der Waals surface area (Å²) in [6.07, 6.45) is 0.648. The third-order valence-electron chi connectivity index (χ3n) is 7.84. The van der Waals surface area contributed by atoms with Gasteiger partial charge in [0.25, 0.3) is 5.91 Å². The molecule has 0 saturated heterocycles. The number of aliphatic hydroxyl groups excluding tert-OH is 1. The van der Waals surface area contributed by atoms with E-state index in [0.717, 1.165) is 36.4 Å². The molecule has 5 atom stereocenters. The minimum absolute atomic E-state index is 0.0172. The van der Waals surface area contributed by atoms with Crippen molar-refractivity contribution in [3.05, 3.63) is 88.5 Å². The number of anilines is 1. The number of hydrogen-bond acceptors (Lipinski definition) is 6. The van der Waals surface area contributed by atoms with Gasteiger partial charge in [-0.25, -0.2) is 21.6 Å². The highest BCUT2D eigenvalue weighted by Crippen LogP contribution is 2.56. The normalized spacial score (nSPS) is 25.3. The predicted octanol–water partition coefficient (Wildman–Crippen LogP) is 4.83. The van der Waals surface area contributed by atoms with E-state index in [0.29, 0.717) is 12.8 Å². The van der Waals surface area contributed by atoms with Crippen molar-refractivity contribution in [3.8, 4) is 0 Å². The molecule has 3 unspecified atom stereocenters. The first-order chi connectivity index (χ1) is 18.4. The number of sulfone groups is 1. The van der Waals surface area contributed by atoms with E-state index in [1.807, 2.05) is 0 Å². The largest absolute Gasteiger partial charge is 0.386 e. The third-order valence-corrected chi connectivity index (χ3v) is 10.5. The number of rotatable bonds is 6. The lowest BCUT2D eigenvalue weighted by Gasteiger charge is -2.45. The summed E-state index contributed by atoms with van der Waals surface area (Å²) in [7, 11) is -4.10. The Bertz CT molecular complexity index is 1540. The van der Waals surface area contributed by atoms with Gasteiger partial charge >= 0.3 is 0 Å². The van der Waals surface area contributed by atoms with Crippen LogP contribution in [0.15, 0.2) is 59.6 Å². The summed E-state index contributed by atoms with van der Waals surface area (Å²) in [4.78, 5) is 16.5. The van der Waals surface area contributed by atoms with Gasteiger partial charge in [-0.05, 0) is 80.0 Å². The summed E-state index contributed by atoms with van der Waals surface area (Å²) in [6, 6.07) is 8.67. The second-order valence-electron chi connectivity index (χ2n) is 10.0. The zero-order valence-corrected chi connectivity index (χ0v) is 21.9. The summed E-state index contributed by atoms with van der Waals surface area (Å²) in [5.41, 5.74) is -1.79. The summed E-state index contributed by atoms with van der Waals surface area (Å²) < 4.78 is 67.9. The standard InChI is InChI=1S/C27H24ClF3N2O5S/c28-20-5-1-14(26(35)33-18-4-6-21(30)22(31)13-18)9-24(20)39(37,38)19-10-15-2-3-16(11-19)27(15,36)25(34)23-12-17(29)7-8-32-23/h1,4-9,12-13,15-16,19,25,34,36H,2-3,10-11H2,(H,33,35)/t15-,16+,19?,25?,27?. The van der Waals surface area contributed by atoms with Gasteiger partial charge in [0.1, 0.15) is 17.5 Å². The van der Waals surface area contributed by atoms with Crippen LogP contribution in [-0.2, 0) is 9.84 Å². The molecule has 0 radical (unpaired) electrons. The molecular formula is C27H24ClF3N2O5S. The van der Waals surface area contributed by atoms with E-state index in [2.05, 4.69) is 10.3 Å². The number of pyridine rings is 1. The third kappa shape index (κ3) is 4.93. The molecule has 3 aromatic rings. The van der Waals surface area contributed by atoms with Crippen LogP contribution in [0.2, 0.25) is 5.02 Å². The van der Waals surface area contributed by atoms with Crippen LogP contribution >= 0.6 is 11.6 Å². The molecule has 5 rings (SSSR count). The highest BCUT2D eigenvalue weighted by molar-refractivity contribution is 7.92. The maximum Gasteiger partial charge on any atom is 0.255 e. The first-order valence-electron chi connectivity index (χ1n) is 12.2. The van der Waals surface area contributed by atoms with Gasteiger partial charge < -0.3 is 15.5 Å². The van der Waals surface area contributed by atoms with E-state index >= 15 is 0 Å². The second-order valence-corrected chi connectivity index (χ2v) is 12.6. The smallest absolute Gasteiger partial charge is 0.255 e. The number of carbonyl (C=O) groups excluding carboxylic acids is 1. The molecule has 2 aromatic carbocycles. The fourth-order valence-electron chi connectivity index (χ4n) is 5.87. The molecule has 1 aromatic heterocycles. The summed E-state index contributed by atoms with van der Waals surface area (Å²) >= 11 is 6.26. The topological polar surface area (TPSA) is 117 Å². The Balaban J connectivity index is 1.39. The number of amides is 1. The number of nitrogens with one attached hydrogen (secondary N) is 1. The summed E-state index contributed by atoms with van der Waals surface area (Å²) in [5.74, 6) is -4.81. The molecule has 2 saturated carbocycles. The minimum atomic E-state index is -4.10. The van der Waals surface area contributed by atoms with Crippen LogP contribution in [-0.4, -0.2) is 40.4 Å². The molecule has 2 bridgehead atoms. The molecule has 1 amide bonds. The Morgan fingerprint density at radius 3 is 2.36 bits per heavy atom. The molecular weight excluding hydrogens is 557 g/mol. The molecule has 0 aliphatic heterocycles. The van der Waals surface area contributed by atoms with Crippen LogP contribution in [0.25, 0.3) is 0 Å². The number of benzene rings is 2. The molecule has 12 heteroatoms. The quantitative estimate of drug-likeness (QED) is 0.384. The monoisotopic (exact) mass is 580 g/mol. The number of hydrogen-bond donors (Lipinski definition) is 3. The first-order valence-corrected chi connectivity index (χ1v) is 14.2. The number of halogens is 4. The van der Waals surface area contributed by atoms with Crippen molar-refractivity contribution in [2.45, 2.75) is 47.5 Å². The van der Waals surface area contributed by atoms with Crippen molar-refractivity contribution in [3.63, 3.8) is 0 Å². The molecule has 7 nitrogen and oxygen atoms in total. The number of aromatic nitrogens is 1. The van der Waals surface area contributed by atoms with E-state index in [-0.39, 0.29) is 39.7 Å². The van der Waals surface area contributed by atoms with Gasteiger partial charge in [0, 0.05) is 23.5 Å². The van der Waals surface area contributed by atoms with Crippen molar-refractivity contribution < 1.29 is 36.6 Å². The fourth-order valence-corrected chi connectivity index (χ4v) is 8.27. The number of aliphatic hydroxyl groups is 2. The molecule has 39 heavy (non-hydrogen) atoms. The lowest BCUT2D eigenvalue weighted by atomic mass is 9.70. The van der Waals surface area contributed by atoms with E-state index in [1.165, 1.54) is 18.3 Å². The van der Waals surface area contributed by atoms with Gasteiger partial charge in [-0.1, -0.05) is 11.6 Å². The lowest BCUT2D eigenvalue weighted by molar-refractivity contribution is -0.146. The zero-order chi connectivity index (χ0) is 28.1. The van der Waals surface area contributed by atoms with E-state index in [9.17, 15) is 36.6 Å². The van der Waals surface area contributed by atoms with Crippen LogP contribution in [0.5, 0.6) is 0 Å². The van der Waals surface area contributed by atoms with Gasteiger partial charge in [0.2, 0.25) is 0 Å². The predicted molar refractivity (Wildman–Crippen MR) is 136 cm³/mol. The van der Waals surface area contributed by atoms with Crippen LogP contribution in [0.1, 0.15) is 47.8 Å². The fraction of sp³-hybridized carbons (Fsp3) is 0.333. The van der Waals surface area contributed by atoms with Gasteiger partial charge in [-0.15, -0.1) is 0 Å². The van der Waals surface area contributed by atoms with Crippen LogP contribution in [0, 0.1) is 29.3 Å². The van der Waals surface area contributed by atoms with Crippen LogP contribution in [0.3, 0.4) is 0 Å². The summed E-state index contributed by atoms with van der Waals surface area (Å²) in [6.45, 7) is 0. The second kappa shape index (κ2) is 10.2. The highest BCUT2D eigenvalue weighted by Gasteiger charge is 2.59. The molecule has 2 aliphatic rings. The molecule has 2 fully saturated rings. The Morgan fingerprint density at radius 2 is 1.72 bits per heavy atom. The molecule has 3 N–H and O–H groups in total. The molecule has 206 valence electrons. The van der Waals surface area contributed by atoms with Crippen LogP contribution in [0.4, 0.5) is 18.9 Å². The van der Waals surface area contributed by atoms with E-state index in [4.69, 9.17) is 11.6 Å². The van der Waals surface area contributed by atoms with Gasteiger partial charge in [0.05, 0.1) is 20.9 Å².